The van der Waals surface area contributed by atoms with Gasteiger partial charge >= 0.3 is 0 Å². The van der Waals surface area contributed by atoms with E-state index in [1.807, 2.05) is 30.3 Å². The van der Waals surface area contributed by atoms with Gasteiger partial charge in [-0.2, -0.15) is 5.26 Å². The summed E-state index contributed by atoms with van der Waals surface area (Å²) in [7, 11) is 0. The molecule has 4 nitrogen and oxygen atoms in total. The first-order valence-electron chi connectivity index (χ1n) is 7.72. The van der Waals surface area contributed by atoms with Gasteiger partial charge in [0.15, 0.2) is 0 Å². The standard InChI is InChI=1S/C17H22N2O2S/c18-9-10-19-17(21)16-4-2-1-3-14(16)12-22-15-7-5-13(11-20)6-8-15/h5-8,14,16,20H,1-4,10-12H2,(H,19,21)/t14-,16+/m0/s1. The van der Waals surface area contributed by atoms with Crippen molar-refractivity contribution in [2.45, 2.75) is 37.2 Å². The minimum absolute atomic E-state index is 0.0301. The quantitative estimate of drug-likeness (QED) is 0.625. The number of aliphatic hydroxyl groups excluding tert-OH is 1. The van der Waals surface area contributed by atoms with Crippen molar-refractivity contribution in [3.63, 3.8) is 0 Å². The number of carbonyl (C=O) groups is 1. The van der Waals surface area contributed by atoms with Crippen LogP contribution in [0.15, 0.2) is 29.2 Å². The van der Waals surface area contributed by atoms with E-state index >= 15 is 0 Å². The van der Waals surface area contributed by atoms with Crippen molar-refractivity contribution in [3.05, 3.63) is 29.8 Å². The lowest BCUT2D eigenvalue weighted by molar-refractivity contribution is -0.127. The van der Waals surface area contributed by atoms with Gasteiger partial charge in [-0.05, 0) is 36.5 Å². The highest BCUT2D eigenvalue weighted by atomic mass is 32.2. The number of hydrogen-bond acceptors (Lipinski definition) is 4. The summed E-state index contributed by atoms with van der Waals surface area (Å²) in [6.07, 6.45) is 4.27. The zero-order chi connectivity index (χ0) is 15.8. The predicted molar refractivity (Wildman–Crippen MR) is 87.2 cm³/mol. The van der Waals surface area contributed by atoms with Crippen LogP contribution in [0.5, 0.6) is 0 Å². The summed E-state index contributed by atoms with van der Waals surface area (Å²) in [5.74, 6) is 1.35. The fraction of sp³-hybridized carbons (Fsp3) is 0.529. The SMILES string of the molecule is N#CCNC(=O)[C@@H]1CCCC[C@H]1CSc1ccc(CO)cc1. The van der Waals surface area contributed by atoms with E-state index in [1.54, 1.807) is 11.8 Å². The van der Waals surface area contributed by atoms with Crippen LogP contribution < -0.4 is 5.32 Å². The molecule has 1 aliphatic rings. The molecule has 0 spiro atoms. The molecule has 2 atom stereocenters. The van der Waals surface area contributed by atoms with E-state index in [0.29, 0.717) is 5.92 Å². The third-order valence-electron chi connectivity index (χ3n) is 4.16. The van der Waals surface area contributed by atoms with Crippen LogP contribution in [0.4, 0.5) is 0 Å². The molecule has 1 saturated carbocycles. The molecule has 1 aromatic rings. The Kier molecular flexibility index (Phi) is 6.75. The van der Waals surface area contributed by atoms with Gasteiger partial charge in [-0.15, -0.1) is 11.8 Å². The number of aliphatic hydroxyl groups is 1. The van der Waals surface area contributed by atoms with E-state index in [1.165, 1.54) is 11.3 Å². The zero-order valence-corrected chi connectivity index (χ0v) is 13.4. The van der Waals surface area contributed by atoms with Gasteiger partial charge in [-0.1, -0.05) is 25.0 Å². The third-order valence-corrected chi connectivity index (χ3v) is 5.36. The van der Waals surface area contributed by atoms with E-state index in [2.05, 4.69) is 5.32 Å². The molecule has 2 N–H and O–H groups in total. The van der Waals surface area contributed by atoms with Gasteiger partial charge in [0.05, 0.1) is 12.7 Å². The summed E-state index contributed by atoms with van der Waals surface area (Å²) in [5, 5.41) is 20.4. The number of thioether (sulfide) groups is 1. The van der Waals surface area contributed by atoms with Crippen LogP contribution in [0.2, 0.25) is 0 Å². The lowest BCUT2D eigenvalue weighted by atomic mass is 9.80. The molecule has 1 aliphatic carbocycles. The van der Waals surface area contributed by atoms with Crippen molar-refractivity contribution in [1.82, 2.24) is 5.32 Å². The summed E-state index contributed by atoms with van der Waals surface area (Å²) in [6, 6.07) is 9.86. The van der Waals surface area contributed by atoms with Crippen molar-refractivity contribution >= 4 is 17.7 Å². The second kappa shape index (κ2) is 8.82. The Morgan fingerprint density at radius 2 is 2.05 bits per heavy atom. The Morgan fingerprint density at radius 3 is 2.73 bits per heavy atom. The third kappa shape index (κ3) is 4.75. The van der Waals surface area contributed by atoms with Crippen molar-refractivity contribution in [1.29, 1.82) is 5.26 Å². The Hall–Kier alpha value is -1.51. The fourth-order valence-corrected chi connectivity index (χ4v) is 4.04. The van der Waals surface area contributed by atoms with E-state index in [4.69, 9.17) is 10.4 Å². The van der Waals surface area contributed by atoms with Gasteiger partial charge in [-0.25, -0.2) is 0 Å². The van der Waals surface area contributed by atoms with Gasteiger partial charge < -0.3 is 10.4 Å². The number of nitrogens with one attached hydrogen (secondary N) is 1. The van der Waals surface area contributed by atoms with Gasteiger partial charge in [0.2, 0.25) is 5.91 Å². The molecule has 0 heterocycles. The number of carbonyl (C=O) groups excluding carboxylic acids is 1. The van der Waals surface area contributed by atoms with E-state index in [0.717, 1.165) is 30.6 Å². The number of nitriles is 1. The second-order valence-electron chi connectivity index (χ2n) is 5.64. The summed E-state index contributed by atoms with van der Waals surface area (Å²) >= 11 is 1.76. The maximum Gasteiger partial charge on any atom is 0.224 e. The van der Waals surface area contributed by atoms with E-state index < -0.39 is 0 Å². The van der Waals surface area contributed by atoms with Gasteiger partial charge in [0, 0.05) is 16.6 Å². The minimum atomic E-state index is 0.0301. The largest absolute Gasteiger partial charge is 0.392 e. The van der Waals surface area contributed by atoms with Crippen LogP contribution in [-0.4, -0.2) is 23.3 Å². The summed E-state index contributed by atoms with van der Waals surface area (Å²) in [6.45, 7) is 0.159. The summed E-state index contributed by atoms with van der Waals surface area (Å²) < 4.78 is 0. The van der Waals surface area contributed by atoms with Crippen molar-refractivity contribution in [3.8, 4) is 6.07 Å². The number of amides is 1. The highest BCUT2D eigenvalue weighted by molar-refractivity contribution is 7.99. The smallest absolute Gasteiger partial charge is 0.224 e. The minimum Gasteiger partial charge on any atom is -0.392 e. The lowest BCUT2D eigenvalue weighted by Crippen LogP contribution is -2.37. The second-order valence-corrected chi connectivity index (χ2v) is 6.73. The normalized spacial score (nSPS) is 21.1. The number of rotatable bonds is 6. The maximum atomic E-state index is 12.2. The molecule has 22 heavy (non-hydrogen) atoms. The Balaban J connectivity index is 1.90. The topological polar surface area (TPSA) is 73.1 Å². The molecule has 1 aromatic carbocycles. The Morgan fingerprint density at radius 1 is 1.32 bits per heavy atom. The van der Waals surface area contributed by atoms with Crippen LogP contribution in [0.25, 0.3) is 0 Å². The molecule has 1 fully saturated rings. The van der Waals surface area contributed by atoms with Crippen molar-refractivity contribution in [2.75, 3.05) is 12.3 Å². The van der Waals surface area contributed by atoms with Crippen LogP contribution in [0.1, 0.15) is 31.2 Å². The summed E-state index contributed by atoms with van der Waals surface area (Å²) in [4.78, 5) is 13.3. The average Bonchev–Trinajstić information content (AvgIpc) is 2.58. The van der Waals surface area contributed by atoms with Gasteiger partial charge in [0.25, 0.3) is 0 Å². The monoisotopic (exact) mass is 318 g/mol. The molecule has 0 aromatic heterocycles. The van der Waals surface area contributed by atoms with Crippen molar-refractivity contribution in [2.24, 2.45) is 11.8 Å². The van der Waals surface area contributed by atoms with Crippen LogP contribution in [0.3, 0.4) is 0 Å². The molecular weight excluding hydrogens is 296 g/mol. The zero-order valence-electron chi connectivity index (χ0n) is 12.6. The molecule has 0 unspecified atom stereocenters. The Labute approximate surface area is 135 Å². The fourth-order valence-electron chi connectivity index (χ4n) is 2.90. The van der Waals surface area contributed by atoms with E-state index in [-0.39, 0.29) is 25.0 Å². The van der Waals surface area contributed by atoms with Crippen LogP contribution in [-0.2, 0) is 11.4 Å². The van der Waals surface area contributed by atoms with Gasteiger partial charge in [0.1, 0.15) is 6.54 Å². The van der Waals surface area contributed by atoms with Gasteiger partial charge in [-0.3, -0.25) is 4.79 Å². The first-order chi connectivity index (χ1) is 10.7. The van der Waals surface area contributed by atoms with Crippen LogP contribution in [0, 0.1) is 23.2 Å². The van der Waals surface area contributed by atoms with E-state index in [9.17, 15) is 4.79 Å². The predicted octanol–water partition coefficient (Wildman–Crippen LogP) is 2.72. The molecule has 0 radical (unpaired) electrons. The maximum absolute atomic E-state index is 12.2. The molecular formula is C17H22N2O2S. The number of benzene rings is 1. The molecule has 2 rings (SSSR count). The lowest BCUT2D eigenvalue weighted by Gasteiger charge is -2.30. The highest BCUT2D eigenvalue weighted by Crippen LogP contribution is 2.34. The first-order valence-corrected chi connectivity index (χ1v) is 8.70. The van der Waals surface area contributed by atoms with Crippen molar-refractivity contribution < 1.29 is 9.90 Å². The Bertz CT molecular complexity index is 524. The molecule has 0 aliphatic heterocycles. The number of nitrogens with zero attached hydrogens (tertiary/aromatic N) is 1. The first kappa shape index (κ1) is 16.9. The summed E-state index contributed by atoms with van der Waals surface area (Å²) in [5.41, 5.74) is 0.913. The average molecular weight is 318 g/mol. The molecule has 0 saturated heterocycles. The highest BCUT2D eigenvalue weighted by Gasteiger charge is 2.30. The van der Waals surface area contributed by atoms with Crippen LogP contribution >= 0.6 is 11.8 Å². The molecule has 118 valence electrons. The molecule has 1 amide bonds. The molecule has 0 bridgehead atoms. The number of hydrogen-bond donors (Lipinski definition) is 2. The molecule has 5 heteroatoms.